The molecule has 0 aliphatic heterocycles. The number of hydrazine groups is 1. The Hall–Kier alpha value is -3.59. The van der Waals surface area contributed by atoms with E-state index in [1.165, 1.54) is 12.1 Å². The van der Waals surface area contributed by atoms with Gasteiger partial charge in [-0.3, -0.25) is 0 Å². The zero-order chi connectivity index (χ0) is 23.4. The Labute approximate surface area is 186 Å². The fraction of sp³-hybridized carbons (Fsp3) is 0.217. The lowest BCUT2D eigenvalue weighted by molar-refractivity contribution is 0.0304. The van der Waals surface area contributed by atoms with E-state index in [4.69, 9.17) is 9.47 Å². The van der Waals surface area contributed by atoms with Gasteiger partial charge in [0.2, 0.25) is 0 Å². The third kappa shape index (κ3) is 5.76. The molecule has 0 bridgehead atoms. The number of rotatable bonds is 4. The first-order chi connectivity index (χ1) is 15.1. The fourth-order valence-corrected chi connectivity index (χ4v) is 3.93. The van der Waals surface area contributed by atoms with E-state index in [0.717, 1.165) is 5.39 Å². The van der Waals surface area contributed by atoms with Gasteiger partial charge >= 0.3 is 12.2 Å². The molecule has 0 aliphatic carbocycles. The maximum Gasteiger partial charge on any atom is 0.444 e. The first kappa shape index (κ1) is 23.1. The van der Waals surface area contributed by atoms with E-state index in [9.17, 15) is 18.0 Å². The highest BCUT2D eigenvalue weighted by Crippen LogP contribution is 2.23. The number of amides is 2. The second-order valence-corrected chi connectivity index (χ2v) is 9.72. The summed E-state index contributed by atoms with van der Waals surface area (Å²) in [6, 6.07) is 20.4. The minimum Gasteiger partial charge on any atom is -0.443 e. The number of nitrogens with one attached hydrogen (secondary N) is 1. The average molecular weight is 457 g/mol. The number of carbonyl (C=O) groups excluding carboxylic acids is 2. The van der Waals surface area contributed by atoms with Gasteiger partial charge in [0.1, 0.15) is 12.2 Å². The highest BCUT2D eigenvalue weighted by atomic mass is 32.2. The number of hydrogen-bond donors (Lipinski definition) is 1. The number of benzene rings is 3. The van der Waals surface area contributed by atoms with Crippen molar-refractivity contribution >= 4 is 33.0 Å². The van der Waals surface area contributed by atoms with Crippen molar-refractivity contribution in [3.05, 3.63) is 78.4 Å². The number of carbonyl (C=O) groups is 2. The van der Waals surface area contributed by atoms with Crippen molar-refractivity contribution in [3.8, 4) is 0 Å². The summed E-state index contributed by atoms with van der Waals surface area (Å²) < 4.78 is 37.0. The molecule has 0 spiro atoms. The summed E-state index contributed by atoms with van der Waals surface area (Å²) in [6.45, 7) is 4.64. The topological polar surface area (TPSA) is 102 Å². The van der Waals surface area contributed by atoms with E-state index in [-0.39, 0.29) is 15.9 Å². The predicted octanol–water partition coefficient (Wildman–Crippen LogP) is 4.61. The minimum absolute atomic E-state index is 0.106. The van der Waals surface area contributed by atoms with Gasteiger partial charge in [0.25, 0.3) is 10.0 Å². The molecule has 3 aromatic rings. The lowest BCUT2D eigenvalue weighted by atomic mass is 10.1. The number of nitrogens with zero attached hydrogens (tertiary/aromatic N) is 1. The predicted molar refractivity (Wildman–Crippen MR) is 119 cm³/mol. The molecule has 32 heavy (non-hydrogen) atoms. The fourth-order valence-electron chi connectivity index (χ4n) is 2.78. The molecule has 0 fully saturated rings. The van der Waals surface area contributed by atoms with Gasteiger partial charge in [-0.15, -0.1) is 4.41 Å². The van der Waals surface area contributed by atoms with Crippen molar-refractivity contribution in [2.24, 2.45) is 0 Å². The molecule has 3 rings (SSSR count). The Kier molecular flexibility index (Phi) is 6.69. The molecular formula is C23H24N2O6S. The molecule has 168 valence electrons. The van der Waals surface area contributed by atoms with Crippen LogP contribution in [-0.4, -0.2) is 30.6 Å². The van der Waals surface area contributed by atoms with Crippen LogP contribution in [0.3, 0.4) is 0 Å². The van der Waals surface area contributed by atoms with Crippen LogP contribution in [0.1, 0.15) is 26.3 Å². The molecule has 1 N–H and O–H groups in total. The molecule has 0 aromatic heterocycles. The maximum absolute atomic E-state index is 13.3. The summed E-state index contributed by atoms with van der Waals surface area (Å²) in [6.07, 6.45) is -2.38. The van der Waals surface area contributed by atoms with Crippen LogP contribution in [-0.2, 0) is 26.1 Å². The summed E-state index contributed by atoms with van der Waals surface area (Å²) in [5, 5.41) is 1.48. The highest BCUT2D eigenvalue weighted by Gasteiger charge is 2.35. The second-order valence-electron chi connectivity index (χ2n) is 7.93. The van der Waals surface area contributed by atoms with E-state index in [2.05, 4.69) is 0 Å². The van der Waals surface area contributed by atoms with Crippen molar-refractivity contribution < 1.29 is 27.5 Å². The molecule has 8 nitrogen and oxygen atoms in total. The van der Waals surface area contributed by atoms with Gasteiger partial charge in [-0.1, -0.05) is 60.7 Å². The Balaban J connectivity index is 1.88. The van der Waals surface area contributed by atoms with Crippen LogP contribution in [0.2, 0.25) is 0 Å². The Morgan fingerprint density at radius 2 is 1.53 bits per heavy atom. The molecule has 0 saturated carbocycles. The van der Waals surface area contributed by atoms with E-state index >= 15 is 0 Å². The zero-order valence-electron chi connectivity index (χ0n) is 17.9. The maximum atomic E-state index is 13.3. The van der Waals surface area contributed by atoms with Crippen molar-refractivity contribution in [3.63, 3.8) is 0 Å². The summed E-state index contributed by atoms with van der Waals surface area (Å²) in [7, 11) is -4.50. The third-order valence-electron chi connectivity index (χ3n) is 4.22. The van der Waals surface area contributed by atoms with Crippen LogP contribution >= 0.6 is 0 Å². The van der Waals surface area contributed by atoms with Crippen molar-refractivity contribution in [2.75, 3.05) is 0 Å². The van der Waals surface area contributed by atoms with Gasteiger partial charge in [0.05, 0.1) is 4.90 Å². The van der Waals surface area contributed by atoms with Crippen molar-refractivity contribution in [1.29, 1.82) is 0 Å². The molecule has 0 aliphatic rings. The lowest BCUT2D eigenvalue weighted by Crippen LogP contribution is -2.51. The molecule has 0 heterocycles. The number of hydrogen-bond acceptors (Lipinski definition) is 6. The molecule has 2 amide bonds. The Bertz CT molecular complexity index is 1220. The van der Waals surface area contributed by atoms with Crippen LogP contribution in [0.25, 0.3) is 10.8 Å². The largest absolute Gasteiger partial charge is 0.444 e. The minimum atomic E-state index is -4.50. The SMILES string of the molecule is CC(C)(C)OC(=O)N(NC(=O)OCc1ccccc1)S(=O)(=O)c1ccc2ccccc2c1. The number of fused-ring (bicyclic) bond motifs is 1. The molecule has 0 unspecified atom stereocenters. The molecule has 0 radical (unpaired) electrons. The van der Waals surface area contributed by atoms with Crippen molar-refractivity contribution in [1.82, 2.24) is 9.84 Å². The summed E-state index contributed by atoms with van der Waals surface area (Å²) in [5.41, 5.74) is 1.71. The van der Waals surface area contributed by atoms with Crippen LogP contribution in [0.4, 0.5) is 9.59 Å². The summed E-state index contributed by atoms with van der Waals surface area (Å²) in [5.74, 6) is 0. The van der Waals surface area contributed by atoms with Gasteiger partial charge in [-0.05, 0) is 49.2 Å². The zero-order valence-corrected chi connectivity index (χ0v) is 18.8. The Morgan fingerprint density at radius 3 is 2.19 bits per heavy atom. The molecule has 0 saturated heterocycles. The van der Waals surface area contributed by atoms with Gasteiger partial charge in [-0.2, -0.15) is 8.42 Å². The lowest BCUT2D eigenvalue weighted by Gasteiger charge is -2.26. The first-order valence-corrected chi connectivity index (χ1v) is 11.2. The van der Waals surface area contributed by atoms with Crippen molar-refractivity contribution in [2.45, 2.75) is 37.9 Å². The van der Waals surface area contributed by atoms with Crippen LogP contribution < -0.4 is 5.43 Å². The van der Waals surface area contributed by atoms with E-state index in [0.29, 0.717) is 10.9 Å². The number of sulfonamides is 1. The number of ether oxygens (including phenoxy) is 2. The molecule has 3 aromatic carbocycles. The average Bonchev–Trinajstić information content (AvgIpc) is 2.75. The smallest absolute Gasteiger partial charge is 0.443 e. The van der Waals surface area contributed by atoms with Crippen LogP contribution in [0.5, 0.6) is 0 Å². The quantitative estimate of drug-likeness (QED) is 0.576. The standard InChI is InChI=1S/C23H24N2O6S/c1-23(2,3)31-22(27)25(24-21(26)30-16-17-9-5-4-6-10-17)32(28,29)20-14-13-18-11-7-8-12-19(18)15-20/h4-15H,16H2,1-3H3,(H,24,26). The van der Waals surface area contributed by atoms with E-state index < -0.39 is 27.8 Å². The third-order valence-corrected chi connectivity index (χ3v) is 5.79. The van der Waals surface area contributed by atoms with Gasteiger partial charge in [0.15, 0.2) is 0 Å². The molecule has 9 heteroatoms. The monoisotopic (exact) mass is 456 g/mol. The second kappa shape index (κ2) is 9.27. The van der Waals surface area contributed by atoms with Crippen LogP contribution in [0.15, 0.2) is 77.7 Å². The highest BCUT2D eigenvalue weighted by molar-refractivity contribution is 7.89. The molecular weight excluding hydrogens is 432 g/mol. The van der Waals surface area contributed by atoms with Gasteiger partial charge < -0.3 is 9.47 Å². The molecule has 0 atom stereocenters. The van der Waals surface area contributed by atoms with Crippen LogP contribution in [0, 0.1) is 0 Å². The summed E-state index contributed by atoms with van der Waals surface area (Å²) in [4.78, 5) is 24.9. The van der Waals surface area contributed by atoms with Gasteiger partial charge in [-0.25, -0.2) is 15.0 Å². The Morgan fingerprint density at radius 1 is 0.906 bits per heavy atom. The van der Waals surface area contributed by atoms with E-state index in [1.54, 1.807) is 63.2 Å². The van der Waals surface area contributed by atoms with Gasteiger partial charge in [0, 0.05) is 0 Å². The normalized spacial score (nSPS) is 11.6. The van der Waals surface area contributed by atoms with E-state index in [1.807, 2.05) is 23.6 Å². The first-order valence-electron chi connectivity index (χ1n) is 9.81. The summed E-state index contributed by atoms with van der Waals surface area (Å²) >= 11 is 0.